The number of nitrogens with one attached hydrogen (secondary N) is 1. The molecule has 1 N–H and O–H groups in total. The fraction of sp³-hybridized carbons (Fsp3) is 1.00. The summed E-state index contributed by atoms with van der Waals surface area (Å²) in [5.41, 5.74) is 0.852. The molecule has 124 valence electrons. The van der Waals surface area contributed by atoms with E-state index in [1.165, 1.54) is 65.0 Å². The highest BCUT2D eigenvalue weighted by Crippen LogP contribution is 2.39. The van der Waals surface area contributed by atoms with Crippen molar-refractivity contribution in [3.63, 3.8) is 0 Å². The molecule has 3 heteroatoms. The molecule has 3 nitrogen and oxygen atoms in total. The molecule has 0 aromatic heterocycles. The Morgan fingerprint density at radius 3 is 2.33 bits per heavy atom. The standard InChI is InChI=1S/C18H37N3/c1-16-7-6-8-18(13-16,14-19-5)15-20-9-11-21(12-10-20)17(2,3)4/h16,19H,6-15H2,1-5H3. The summed E-state index contributed by atoms with van der Waals surface area (Å²) in [6.07, 6.45) is 5.68. The molecule has 0 bridgehead atoms. The number of hydrogen-bond donors (Lipinski definition) is 1. The van der Waals surface area contributed by atoms with E-state index in [2.05, 4.69) is 49.9 Å². The first kappa shape index (κ1) is 17.2. The average molecular weight is 296 g/mol. The second-order valence-electron chi connectivity index (χ2n) is 8.67. The van der Waals surface area contributed by atoms with Crippen LogP contribution in [-0.4, -0.2) is 61.7 Å². The van der Waals surface area contributed by atoms with Crippen LogP contribution in [0.5, 0.6) is 0 Å². The number of piperazine rings is 1. The molecule has 0 amide bonds. The van der Waals surface area contributed by atoms with Gasteiger partial charge in [0.1, 0.15) is 0 Å². The molecule has 1 saturated carbocycles. The van der Waals surface area contributed by atoms with E-state index >= 15 is 0 Å². The minimum absolute atomic E-state index is 0.327. The van der Waals surface area contributed by atoms with Crippen LogP contribution in [0.4, 0.5) is 0 Å². The quantitative estimate of drug-likeness (QED) is 0.860. The van der Waals surface area contributed by atoms with Gasteiger partial charge in [0.05, 0.1) is 0 Å². The molecule has 0 radical (unpaired) electrons. The molecule has 2 aliphatic rings. The third-order valence-corrected chi connectivity index (χ3v) is 5.62. The smallest absolute Gasteiger partial charge is 0.0126 e. The zero-order chi connectivity index (χ0) is 15.5. The summed E-state index contributed by atoms with van der Waals surface area (Å²) in [6.45, 7) is 16.9. The summed E-state index contributed by atoms with van der Waals surface area (Å²) >= 11 is 0. The molecular formula is C18H37N3. The lowest BCUT2D eigenvalue weighted by Gasteiger charge is -2.47. The van der Waals surface area contributed by atoms with Crippen LogP contribution in [0.1, 0.15) is 53.4 Å². The van der Waals surface area contributed by atoms with E-state index in [1.807, 2.05) is 0 Å². The van der Waals surface area contributed by atoms with Gasteiger partial charge >= 0.3 is 0 Å². The maximum Gasteiger partial charge on any atom is 0.0126 e. The van der Waals surface area contributed by atoms with Gasteiger partial charge in [-0.3, -0.25) is 4.90 Å². The Kier molecular flexibility index (Phi) is 5.72. The molecule has 2 fully saturated rings. The largest absolute Gasteiger partial charge is 0.319 e. The summed E-state index contributed by atoms with van der Waals surface area (Å²) in [7, 11) is 2.12. The Labute approximate surface area is 132 Å². The Bertz CT molecular complexity index is 311. The van der Waals surface area contributed by atoms with Crippen LogP contribution >= 0.6 is 0 Å². The molecule has 1 heterocycles. The third-order valence-electron chi connectivity index (χ3n) is 5.62. The van der Waals surface area contributed by atoms with Crippen LogP contribution < -0.4 is 5.32 Å². The van der Waals surface area contributed by atoms with Crippen molar-refractivity contribution in [2.75, 3.05) is 46.3 Å². The van der Waals surface area contributed by atoms with Crippen molar-refractivity contribution in [1.82, 2.24) is 15.1 Å². The van der Waals surface area contributed by atoms with Gasteiger partial charge in [0.15, 0.2) is 0 Å². The van der Waals surface area contributed by atoms with E-state index < -0.39 is 0 Å². The van der Waals surface area contributed by atoms with Gasteiger partial charge in [0.2, 0.25) is 0 Å². The summed E-state index contributed by atoms with van der Waals surface area (Å²) < 4.78 is 0. The lowest BCUT2D eigenvalue weighted by atomic mass is 9.69. The Hall–Kier alpha value is -0.120. The van der Waals surface area contributed by atoms with Gasteiger partial charge in [-0.2, -0.15) is 0 Å². The lowest BCUT2D eigenvalue weighted by molar-refractivity contribution is 0.0227. The predicted octanol–water partition coefficient (Wildman–Crippen LogP) is 2.82. The summed E-state index contributed by atoms with van der Waals surface area (Å²) in [5, 5.41) is 3.48. The van der Waals surface area contributed by atoms with Gasteiger partial charge in [0.25, 0.3) is 0 Å². The Morgan fingerprint density at radius 1 is 1.14 bits per heavy atom. The molecule has 1 saturated heterocycles. The summed E-state index contributed by atoms with van der Waals surface area (Å²) in [5.74, 6) is 0.906. The van der Waals surface area contributed by atoms with Crippen LogP contribution in [0.2, 0.25) is 0 Å². The normalized spacial score (nSPS) is 33.3. The molecule has 0 aromatic carbocycles. The SMILES string of the molecule is CNCC1(CN2CCN(C(C)(C)C)CC2)CCCC(C)C1. The van der Waals surface area contributed by atoms with Crippen molar-refractivity contribution in [3.8, 4) is 0 Å². The first-order valence-electron chi connectivity index (χ1n) is 8.97. The van der Waals surface area contributed by atoms with Gasteiger partial charge in [0, 0.05) is 44.8 Å². The zero-order valence-electron chi connectivity index (χ0n) is 15.0. The van der Waals surface area contributed by atoms with Crippen molar-refractivity contribution < 1.29 is 0 Å². The van der Waals surface area contributed by atoms with Gasteiger partial charge in [-0.05, 0) is 52.0 Å². The molecule has 21 heavy (non-hydrogen) atoms. The van der Waals surface area contributed by atoms with Gasteiger partial charge in [-0.25, -0.2) is 0 Å². The molecule has 1 aliphatic carbocycles. The fourth-order valence-electron chi connectivity index (χ4n) is 4.56. The minimum Gasteiger partial charge on any atom is -0.319 e. The highest BCUT2D eigenvalue weighted by Gasteiger charge is 2.37. The van der Waals surface area contributed by atoms with Crippen molar-refractivity contribution in [2.45, 2.75) is 58.9 Å². The third kappa shape index (κ3) is 4.67. The van der Waals surface area contributed by atoms with Crippen molar-refractivity contribution in [2.24, 2.45) is 11.3 Å². The molecule has 2 atom stereocenters. The number of hydrogen-bond acceptors (Lipinski definition) is 3. The van der Waals surface area contributed by atoms with Gasteiger partial charge in [-0.1, -0.05) is 19.8 Å². The van der Waals surface area contributed by atoms with E-state index in [4.69, 9.17) is 0 Å². The van der Waals surface area contributed by atoms with Gasteiger partial charge in [-0.15, -0.1) is 0 Å². The Balaban J connectivity index is 1.90. The van der Waals surface area contributed by atoms with Crippen LogP contribution in [0.3, 0.4) is 0 Å². The van der Waals surface area contributed by atoms with Crippen molar-refractivity contribution in [1.29, 1.82) is 0 Å². The molecule has 0 spiro atoms. The lowest BCUT2D eigenvalue weighted by Crippen LogP contribution is -2.56. The number of nitrogens with zero attached hydrogens (tertiary/aromatic N) is 2. The van der Waals surface area contributed by atoms with E-state index in [9.17, 15) is 0 Å². The maximum atomic E-state index is 3.48. The van der Waals surface area contributed by atoms with E-state index in [-0.39, 0.29) is 0 Å². The van der Waals surface area contributed by atoms with E-state index in [1.54, 1.807) is 0 Å². The topological polar surface area (TPSA) is 18.5 Å². The molecular weight excluding hydrogens is 258 g/mol. The minimum atomic E-state index is 0.327. The Morgan fingerprint density at radius 2 is 1.81 bits per heavy atom. The van der Waals surface area contributed by atoms with E-state index in [0.717, 1.165) is 5.92 Å². The molecule has 2 unspecified atom stereocenters. The monoisotopic (exact) mass is 295 g/mol. The average Bonchev–Trinajstić information content (AvgIpc) is 2.38. The number of rotatable bonds is 4. The molecule has 2 rings (SSSR count). The fourth-order valence-corrected chi connectivity index (χ4v) is 4.56. The molecule has 1 aliphatic heterocycles. The second-order valence-corrected chi connectivity index (χ2v) is 8.67. The van der Waals surface area contributed by atoms with Crippen LogP contribution in [0.25, 0.3) is 0 Å². The van der Waals surface area contributed by atoms with Gasteiger partial charge < -0.3 is 10.2 Å². The predicted molar refractivity (Wildman–Crippen MR) is 91.8 cm³/mol. The van der Waals surface area contributed by atoms with Crippen LogP contribution in [0.15, 0.2) is 0 Å². The second kappa shape index (κ2) is 6.97. The highest BCUT2D eigenvalue weighted by atomic mass is 15.3. The van der Waals surface area contributed by atoms with Crippen molar-refractivity contribution in [3.05, 3.63) is 0 Å². The van der Waals surface area contributed by atoms with Crippen LogP contribution in [0, 0.1) is 11.3 Å². The van der Waals surface area contributed by atoms with Crippen LogP contribution in [-0.2, 0) is 0 Å². The first-order valence-corrected chi connectivity index (χ1v) is 8.97. The summed E-state index contributed by atoms with van der Waals surface area (Å²) in [6, 6.07) is 0. The summed E-state index contributed by atoms with van der Waals surface area (Å²) in [4.78, 5) is 5.37. The van der Waals surface area contributed by atoms with E-state index in [0.29, 0.717) is 11.0 Å². The molecule has 0 aromatic rings. The highest BCUT2D eigenvalue weighted by molar-refractivity contribution is 4.91. The maximum absolute atomic E-state index is 3.48. The van der Waals surface area contributed by atoms with Crippen molar-refractivity contribution >= 4 is 0 Å². The first-order chi connectivity index (χ1) is 9.85. The zero-order valence-corrected chi connectivity index (χ0v) is 15.0.